The molecule has 0 unspecified atom stereocenters. The van der Waals surface area contributed by atoms with Gasteiger partial charge in [0.2, 0.25) is 0 Å². The monoisotopic (exact) mass is 315 g/mol. The molecular weight excluding hydrogens is 294 g/mol. The minimum atomic E-state index is -0.302. The largest absolute Gasteiger partial charge is 0.345 e. The second-order valence-corrected chi connectivity index (χ2v) is 5.95. The highest BCUT2D eigenvalue weighted by atomic mass is 16.2. The molecule has 0 aliphatic heterocycles. The van der Waals surface area contributed by atoms with Gasteiger partial charge in [0, 0.05) is 24.6 Å². The third-order valence-corrected chi connectivity index (χ3v) is 4.32. The Morgan fingerprint density at radius 3 is 3.09 bits per heavy atom. The molecule has 1 saturated carbocycles. The molecule has 3 N–H and O–H groups in total. The molecular formula is C16H21N5O2. The Kier molecular flexibility index (Phi) is 4.55. The van der Waals surface area contributed by atoms with Crippen LogP contribution in [0.3, 0.4) is 0 Å². The summed E-state index contributed by atoms with van der Waals surface area (Å²) < 4.78 is 0. The number of ketones is 1. The third kappa shape index (κ3) is 3.67. The predicted molar refractivity (Wildman–Crippen MR) is 87.1 cm³/mol. The van der Waals surface area contributed by atoms with Crippen molar-refractivity contribution < 1.29 is 9.59 Å². The van der Waals surface area contributed by atoms with Crippen LogP contribution >= 0.6 is 0 Å². The van der Waals surface area contributed by atoms with Crippen LogP contribution in [0, 0.1) is 5.92 Å². The minimum Gasteiger partial charge on any atom is -0.345 e. The molecule has 0 saturated heterocycles. The molecule has 2 aromatic heterocycles. The first-order valence-electron chi connectivity index (χ1n) is 8.06. The summed E-state index contributed by atoms with van der Waals surface area (Å²) in [5.74, 6) is 0.780. The molecule has 23 heavy (non-hydrogen) atoms. The third-order valence-electron chi connectivity index (χ3n) is 4.32. The fourth-order valence-corrected chi connectivity index (χ4v) is 3.13. The van der Waals surface area contributed by atoms with Crippen molar-refractivity contribution in [3.8, 4) is 0 Å². The second kappa shape index (κ2) is 6.76. The van der Waals surface area contributed by atoms with Crippen LogP contribution in [0.4, 0.5) is 10.6 Å². The number of hydrogen-bond donors (Lipinski definition) is 3. The molecule has 1 aliphatic carbocycles. The average Bonchev–Trinajstić information content (AvgIpc) is 3.02. The molecule has 7 nitrogen and oxygen atoms in total. The summed E-state index contributed by atoms with van der Waals surface area (Å²) in [6.07, 6.45) is 7.37. The average molecular weight is 315 g/mol. The number of urea groups is 1. The number of Topliss-reactive ketones (excluding diaryl/α,β-unsaturated/α-hetero) is 1. The predicted octanol–water partition coefficient (Wildman–Crippen LogP) is 2.62. The Hall–Kier alpha value is -2.44. The van der Waals surface area contributed by atoms with Crippen LogP contribution in [0.1, 0.15) is 39.0 Å². The number of amides is 2. The van der Waals surface area contributed by atoms with E-state index in [2.05, 4.69) is 25.6 Å². The number of nitrogens with zero attached hydrogens (tertiary/aromatic N) is 2. The van der Waals surface area contributed by atoms with Gasteiger partial charge in [-0.3, -0.25) is 10.1 Å². The van der Waals surface area contributed by atoms with E-state index in [4.69, 9.17) is 0 Å². The van der Waals surface area contributed by atoms with Crippen molar-refractivity contribution in [1.29, 1.82) is 0 Å². The molecule has 1 aliphatic rings. The van der Waals surface area contributed by atoms with Gasteiger partial charge in [0.1, 0.15) is 11.3 Å². The van der Waals surface area contributed by atoms with Crippen molar-refractivity contribution in [2.45, 2.75) is 45.1 Å². The molecule has 2 atom stereocenters. The fourth-order valence-electron chi connectivity index (χ4n) is 3.13. The van der Waals surface area contributed by atoms with E-state index in [1.165, 1.54) is 6.20 Å². The van der Waals surface area contributed by atoms with Crippen molar-refractivity contribution in [1.82, 2.24) is 20.3 Å². The number of H-pyrrole nitrogens is 1. The molecule has 122 valence electrons. The molecule has 0 spiro atoms. The molecule has 1 fully saturated rings. The van der Waals surface area contributed by atoms with Gasteiger partial charge in [-0.25, -0.2) is 14.8 Å². The zero-order valence-corrected chi connectivity index (χ0v) is 13.1. The number of hydrogen-bond acceptors (Lipinski definition) is 4. The van der Waals surface area contributed by atoms with Crippen LogP contribution in [-0.2, 0) is 4.79 Å². The Bertz CT molecular complexity index is 711. The van der Waals surface area contributed by atoms with Gasteiger partial charge < -0.3 is 10.3 Å². The summed E-state index contributed by atoms with van der Waals surface area (Å²) in [5.41, 5.74) is 1.39. The molecule has 2 amide bonds. The van der Waals surface area contributed by atoms with Gasteiger partial charge in [-0.1, -0.05) is 13.3 Å². The maximum Gasteiger partial charge on any atom is 0.320 e. The van der Waals surface area contributed by atoms with Gasteiger partial charge in [-0.15, -0.1) is 0 Å². The highest BCUT2D eigenvalue weighted by molar-refractivity contribution is 5.89. The quantitative estimate of drug-likeness (QED) is 0.807. The number of aromatic amines is 1. The van der Waals surface area contributed by atoms with Gasteiger partial charge in [0.25, 0.3) is 0 Å². The standard InChI is InChI=1S/C16H21N5O2/c1-2-13(22)10-4-3-5-11(8-10)19-16(23)21-14-9-18-15-12(20-14)6-7-17-15/h6-7,9-11H,2-5,8H2,1H3,(H,17,18)(H2,19,20,21,23)/t10-,11-/m0/s1. The lowest BCUT2D eigenvalue weighted by Gasteiger charge is -2.28. The number of nitrogens with one attached hydrogen (secondary N) is 3. The van der Waals surface area contributed by atoms with Crippen LogP contribution in [0.15, 0.2) is 18.5 Å². The first-order valence-corrected chi connectivity index (χ1v) is 8.06. The van der Waals surface area contributed by atoms with Gasteiger partial charge in [0.15, 0.2) is 11.5 Å². The van der Waals surface area contributed by atoms with Gasteiger partial charge >= 0.3 is 6.03 Å². The van der Waals surface area contributed by atoms with Crippen molar-refractivity contribution in [3.05, 3.63) is 18.5 Å². The van der Waals surface area contributed by atoms with Gasteiger partial charge in [-0.05, 0) is 25.3 Å². The lowest BCUT2D eigenvalue weighted by atomic mass is 9.82. The molecule has 0 radical (unpaired) electrons. The Balaban J connectivity index is 1.57. The van der Waals surface area contributed by atoms with E-state index in [1.807, 2.05) is 6.92 Å². The summed E-state index contributed by atoms with van der Waals surface area (Å²) in [6, 6.07) is 1.53. The van der Waals surface area contributed by atoms with Crippen LogP contribution < -0.4 is 10.6 Å². The highest BCUT2D eigenvalue weighted by Crippen LogP contribution is 2.26. The molecule has 0 bridgehead atoms. The number of rotatable bonds is 4. The van der Waals surface area contributed by atoms with E-state index in [0.717, 1.165) is 25.7 Å². The van der Waals surface area contributed by atoms with Gasteiger partial charge in [-0.2, -0.15) is 0 Å². The van der Waals surface area contributed by atoms with Crippen molar-refractivity contribution >= 4 is 28.8 Å². The van der Waals surface area contributed by atoms with Gasteiger partial charge in [0.05, 0.1) is 6.20 Å². The SMILES string of the molecule is CCC(=O)[C@H]1CCC[C@H](NC(=O)Nc2cnc3[nH]ccc3n2)C1. The molecule has 7 heteroatoms. The van der Waals surface area contributed by atoms with Crippen LogP contribution in [0.25, 0.3) is 11.2 Å². The molecule has 2 heterocycles. The zero-order chi connectivity index (χ0) is 16.2. The lowest BCUT2D eigenvalue weighted by molar-refractivity contribution is -0.123. The lowest BCUT2D eigenvalue weighted by Crippen LogP contribution is -2.42. The Morgan fingerprint density at radius 2 is 2.26 bits per heavy atom. The number of anilines is 1. The topological polar surface area (TPSA) is 99.8 Å². The fraction of sp³-hybridized carbons (Fsp3) is 0.500. The maximum absolute atomic E-state index is 12.1. The Morgan fingerprint density at radius 1 is 1.39 bits per heavy atom. The first kappa shape index (κ1) is 15.5. The minimum absolute atomic E-state index is 0.0354. The van der Waals surface area contributed by atoms with Crippen molar-refractivity contribution in [2.75, 3.05) is 5.32 Å². The van der Waals surface area contributed by atoms with E-state index in [9.17, 15) is 9.59 Å². The summed E-state index contributed by atoms with van der Waals surface area (Å²) in [5, 5.41) is 5.65. The first-order chi connectivity index (χ1) is 11.2. The number of carbonyl (C=O) groups is 2. The highest BCUT2D eigenvalue weighted by Gasteiger charge is 2.27. The molecule has 0 aromatic carbocycles. The smallest absolute Gasteiger partial charge is 0.320 e. The summed E-state index contributed by atoms with van der Waals surface area (Å²) in [7, 11) is 0. The summed E-state index contributed by atoms with van der Waals surface area (Å²) in [6.45, 7) is 1.89. The van der Waals surface area contributed by atoms with E-state index >= 15 is 0 Å². The van der Waals surface area contributed by atoms with Crippen LogP contribution in [0.2, 0.25) is 0 Å². The number of carbonyl (C=O) groups excluding carboxylic acids is 2. The van der Waals surface area contributed by atoms with Crippen molar-refractivity contribution in [2.24, 2.45) is 5.92 Å². The summed E-state index contributed by atoms with van der Waals surface area (Å²) in [4.78, 5) is 35.4. The normalized spacial score (nSPS) is 21.1. The number of fused-ring (bicyclic) bond motifs is 1. The van der Waals surface area contributed by atoms with Crippen LogP contribution in [0.5, 0.6) is 0 Å². The van der Waals surface area contributed by atoms with E-state index in [1.54, 1.807) is 12.3 Å². The van der Waals surface area contributed by atoms with E-state index in [0.29, 0.717) is 29.2 Å². The maximum atomic E-state index is 12.1. The summed E-state index contributed by atoms with van der Waals surface area (Å²) >= 11 is 0. The molecule has 2 aromatic rings. The Labute approximate surface area is 134 Å². The van der Waals surface area contributed by atoms with Crippen LogP contribution in [-0.4, -0.2) is 32.8 Å². The van der Waals surface area contributed by atoms with E-state index < -0.39 is 0 Å². The number of aromatic nitrogens is 3. The second-order valence-electron chi connectivity index (χ2n) is 5.95. The molecule has 3 rings (SSSR count). The zero-order valence-electron chi connectivity index (χ0n) is 13.1. The van der Waals surface area contributed by atoms with E-state index in [-0.39, 0.29) is 18.0 Å². The van der Waals surface area contributed by atoms with Crippen molar-refractivity contribution in [3.63, 3.8) is 0 Å².